The minimum absolute atomic E-state index is 0.310. The van der Waals surface area contributed by atoms with Gasteiger partial charge in [0.1, 0.15) is 11.9 Å². The van der Waals surface area contributed by atoms with Crippen LogP contribution in [-0.4, -0.2) is 46.5 Å². The average molecular weight is 410 g/mol. The van der Waals surface area contributed by atoms with E-state index in [0.29, 0.717) is 24.5 Å². The van der Waals surface area contributed by atoms with Crippen LogP contribution < -0.4 is 10.1 Å². The molecule has 7 heteroatoms. The molecule has 0 spiro atoms. The number of aliphatic carboxylic acids is 1. The molecule has 1 rings (SSSR count). The molecule has 29 heavy (non-hydrogen) atoms. The van der Waals surface area contributed by atoms with Crippen molar-refractivity contribution >= 4 is 17.6 Å². The Labute approximate surface area is 173 Å². The van der Waals surface area contributed by atoms with Crippen molar-refractivity contribution in [1.29, 1.82) is 0 Å². The van der Waals surface area contributed by atoms with Crippen LogP contribution in [0, 0.1) is 24.7 Å². The zero-order chi connectivity index (χ0) is 22.4. The molecule has 0 saturated heterocycles. The summed E-state index contributed by atoms with van der Waals surface area (Å²) >= 11 is 0. The maximum absolute atomic E-state index is 12.3. The molecule has 0 aliphatic heterocycles. The summed E-state index contributed by atoms with van der Waals surface area (Å²) in [5.74, 6) is -0.688. The summed E-state index contributed by atoms with van der Waals surface area (Å²) in [6.45, 7) is 10.5. The first kappa shape index (κ1) is 24.9. The normalized spacial score (nSPS) is 13.1. The van der Waals surface area contributed by atoms with E-state index in [1.54, 1.807) is 27.7 Å². The molecule has 1 aromatic rings. The quantitative estimate of drug-likeness (QED) is 0.417. The molecule has 1 atom stereocenters. The van der Waals surface area contributed by atoms with Crippen molar-refractivity contribution in [2.45, 2.75) is 66.9 Å². The van der Waals surface area contributed by atoms with Crippen LogP contribution in [0.25, 0.3) is 0 Å². The van der Waals surface area contributed by atoms with Crippen LogP contribution in [0.4, 0.5) is 5.69 Å². The van der Waals surface area contributed by atoms with Crippen LogP contribution in [0.2, 0.25) is 0 Å². The molecule has 0 aromatic heterocycles. The summed E-state index contributed by atoms with van der Waals surface area (Å²) in [7, 11) is 0. The van der Waals surface area contributed by atoms with Gasteiger partial charge in [0.15, 0.2) is 0 Å². The van der Waals surface area contributed by atoms with Gasteiger partial charge in [-0.3, -0.25) is 9.59 Å². The number of amides is 1. The summed E-state index contributed by atoms with van der Waals surface area (Å²) in [5, 5.41) is 31.4. The number of hydrogen-bond acceptors (Lipinski definition) is 5. The van der Waals surface area contributed by atoms with E-state index in [2.05, 4.69) is 5.32 Å². The Morgan fingerprint density at radius 2 is 1.66 bits per heavy atom. The number of ether oxygens (including phenoxy) is 1. The van der Waals surface area contributed by atoms with E-state index in [-0.39, 0.29) is 6.61 Å². The third-order valence-corrected chi connectivity index (χ3v) is 5.19. The standard InChI is InChI=1S/C22H35NO6/c1-14-11-16(29-10-8-7-9-21(3,4)20(27)28)12-15(2)17(14)23-19(26)18(25)22(5,6)13-24/h11-12,18,24-25H,7-10,13H2,1-6H3,(H,23,26)(H,27,28). The van der Waals surface area contributed by atoms with E-state index in [9.17, 15) is 19.8 Å². The number of rotatable bonds is 11. The number of carbonyl (C=O) groups excluding carboxylic acids is 1. The molecule has 0 radical (unpaired) electrons. The average Bonchev–Trinajstić information content (AvgIpc) is 2.63. The van der Waals surface area contributed by atoms with Crippen LogP contribution >= 0.6 is 0 Å². The molecule has 7 nitrogen and oxygen atoms in total. The number of carbonyl (C=O) groups is 2. The maximum atomic E-state index is 12.3. The van der Waals surface area contributed by atoms with Crippen molar-refractivity contribution in [3.8, 4) is 5.75 Å². The summed E-state index contributed by atoms with van der Waals surface area (Å²) in [5.41, 5.74) is 0.536. The highest BCUT2D eigenvalue weighted by Crippen LogP contribution is 2.29. The van der Waals surface area contributed by atoms with E-state index in [1.807, 2.05) is 26.0 Å². The Morgan fingerprint density at radius 1 is 1.10 bits per heavy atom. The van der Waals surface area contributed by atoms with Gasteiger partial charge in [0.05, 0.1) is 18.6 Å². The minimum atomic E-state index is -1.34. The SMILES string of the molecule is Cc1cc(OCCCCC(C)(C)C(=O)O)cc(C)c1NC(=O)C(O)C(C)(C)CO. The first-order valence-corrected chi connectivity index (χ1v) is 9.89. The number of carboxylic acid groups (broad SMARTS) is 1. The highest BCUT2D eigenvalue weighted by molar-refractivity contribution is 5.96. The molecule has 1 unspecified atom stereocenters. The predicted molar refractivity (Wildman–Crippen MR) is 112 cm³/mol. The van der Waals surface area contributed by atoms with Gasteiger partial charge in [-0.2, -0.15) is 0 Å². The van der Waals surface area contributed by atoms with Crippen LogP contribution in [0.15, 0.2) is 12.1 Å². The highest BCUT2D eigenvalue weighted by Gasteiger charge is 2.33. The second-order valence-electron chi connectivity index (χ2n) is 8.97. The fourth-order valence-electron chi connectivity index (χ4n) is 2.80. The number of anilines is 1. The van der Waals surface area contributed by atoms with Crippen LogP contribution in [0.3, 0.4) is 0 Å². The first-order valence-electron chi connectivity index (χ1n) is 9.89. The molecule has 0 heterocycles. The Balaban J connectivity index is 2.66. The zero-order valence-corrected chi connectivity index (χ0v) is 18.3. The molecule has 0 aliphatic rings. The van der Waals surface area contributed by atoms with E-state index < -0.39 is 28.8 Å². The van der Waals surface area contributed by atoms with E-state index in [0.717, 1.165) is 24.0 Å². The van der Waals surface area contributed by atoms with Crippen molar-refractivity contribution < 1.29 is 29.6 Å². The Bertz CT molecular complexity index is 703. The molecule has 1 aromatic carbocycles. The minimum Gasteiger partial charge on any atom is -0.494 e. The zero-order valence-electron chi connectivity index (χ0n) is 18.3. The summed E-state index contributed by atoms with van der Waals surface area (Å²) < 4.78 is 5.78. The Kier molecular flexibility index (Phi) is 8.65. The van der Waals surface area contributed by atoms with Crippen LogP contribution in [-0.2, 0) is 9.59 Å². The summed E-state index contributed by atoms with van der Waals surface area (Å²) in [6, 6.07) is 3.63. The van der Waals surface area contributed by atoms with Gasteiger partial charge in [0.2, 0.25) is 0 Å². The number of hydrogen-bond donors (Lipinski definition) is 4. The lowest BCUT2D eigenvalue weighted by Crippen LogP contribution is -2.42. The number of aliphatic hydroxyl groups is 2. The van der Waals surface area contributed by atoms with Crippen LogP contribution in [0.1, 0.15) is 58.1 Å². The molecule has 164 valence electrons. The van der Waals surface area contributed by atoms with Gasteiger partial charge in [-0.25, -0.2) is 0 Å². The van der Waals surface area contributed by atoms with Crippen molar-refractivity contribution in [1.82, 2.24) is 0 Å². The topological polar surface area (TPSA) is 116 Å². The van der Waals surface area contributed by atoms with Gasteiger partial charge in [-0.05, 0) is 70.2 Å². The smallest absolute Gasteiger partial charge is 0.309 e. The largest absolute Gasteiger partial charge is 0.494 e. The van der Waals surface area contributed by atoms with Crippen molar-refractivity contribution in [3.63, 3.8) is 0 Å². The van der Waals surface area contributed by atoms with E-state index >= 15 is 0 Å². The van der Waals surface area contributed by atoms with Gasteiger partial charge in [-0.15, -0.1) is 0 Å². The third kappa shape index (κ3) is 7.01. The van der Waals surface area contributed by atoms with Gasteiger partial charge >= 0.3 is 5.97 Å². The lowest BCUT2D eigenvalue weighted by molar-refractivity contribution is -0.147. The van der Waals surface area contributed by atoms with Gasteiger partial charge < -0.3 is 25.4 Å². The van der Waals surface area contributed by atoms with Gasteiger partial charge in [-0.1, -0.05) is 13.8 Å². The molecule has 0 saturated carbocycles. The van der Waals surface area contributed by atoms with Gasteiger partial charge in [0.25, 0.3) is 5.91 Å². The fraction of sp³-hybridized carbons (Fsp3) is 0.636. The Morgan fingerprint density at radius 3 is 2.14 bits per heavy atom. The number of aliphatic hydroxyl groups excluding tert-OH is 2. The predicted octanol–water partition coefficient (Wildman–Crippen LogP) is 3.28. The molecular formula is C22H35NO6. The number of benzene rings is 1. The molecule has 0 bridgehead atoms. The second kappa shape index (κ2) is 10.1. The highest BCUT2D eigenvalue weighted by atomic mass is 16.5. The van der Waals surface area contributed by atoms with E-state index in [4.69, 9.17) is 9.84 Å². The molecule has 0 fully saturated rings. The fourth-order valence-corrected chi connectivity index (χ4v) is 2.80. The number of nitrogens with one attached hydrogen (secondary N) is 1. The molecule has 0 aliphatic carbocycles. The third-order valence-electron chi connectivity index (χ3n) is 5.19. The number of aryl methyl sites for hydroxylation is 2. The Hall–Kier alpha value is -2.12. The van der Waals surface area contributed by atoms with Crippen LogP contribution in [0.5, 0.6) is 5.75 Å². The number of carboxylic acids is 1. The first-order chi connectivity index (χ1) is 13.3. The summed E-state index contributed by atoms with van der Waals surface area (Å²) in [4.78, 5) is 23.4. The maximum Gasteiger partial charge on any atom is 0.309 e. The molecule has 1 amide bonds. The lowest BCUT2D eigenvalue weighted by atomic mass is 9.87. The number of unbranched alkanes of at least 4 members (excludes halogenated alkanes) is 1. The second-order valence-corrected chi connectivity index (χ2v) is 8.97. The summed E-state index contributed by atoms with van der Waals surface area (Å²) in [6.07, 6.45) is 0.748. The van der Waals surface area contributed by atoms with Crippen molar-refractivity contribution in [2.24, 2.45) is 10.8 Å². The van der Waals surface area contributed by atoms with Gasteiger partial charge in [0, 0.05) is 11.1 Å². The molecular weight excluding hydrogens is 374 g/mol. The monoisotopic (exact) mass is 409 g/mol. The van der Waals surface area contributed by atoms with Crippen molar-refractivity contribution in [3.05, 3.63) is 23.3 Å². The lowest BCUT2D eigenvalue weighted by Gasteiger charge is -2.27. The van der Waals surface area contributed by atoms with E-state index in [1.165, 1.54) is 0 Å². The van der Waals surface area contributed by atoms with Crippen molar-refractivity contribution in [2.75, 3.05) is 18.5 Å². The molecule has 4 N–H and O–H groups in total.